The predicted octanol–water partition coefficient (Wildman–Crippen LogP) is 5.08. The third-order valence-electron chi connectivity index (χ3n) is 4.04. The molecule has 0 saturated carbocycles. The molecule has 1 heterocycles. The smallest absolute Gasteiger partial charge is 0.187 e. The van der Waals surface area contributed by atoms with E-state index in [0.29, 0.717) is 17.3 Å². The van der Waals surface area contributed by atoms with Crippen LogP contribution in [0.4, 0.5) is 8.78 Å². The van der Waals surface area contributed by atoms with Crippen LogP contribution < -0.4 is 4.74 Å². The van der Waals surface area contributed by atoms with Crippen LogP contribution in [0.5, 0.6) is 5.75 Å². The number of ether oxygens (including phenoxy) is 1. The van der Waals surface area contributed by atoms with Crippen LogP contribution in [-0.4, -0.2) is 21.7 Å². The van der Waals surface area contributed by atoms with Crippen molar-refractivity contribution in [1.82, 2.24) is 9.78 Å². The molecule has 0 bridgehead atoms. The van der Waals surface area contributed by atoms with E-state index in [9.17, 15) is 13.6 Å². The van der Waals surface area contributed by atoms with Gasteiger partial charge >= 0.3 is 0 Å². The standard InChI is InChI=1S/C21H19ClF2N2O2/c1-13(2)28-21-7-6-15(22)10-14(21)12-26-9-8-19(25-26)20(27)11-16-17(23)4-3-5-18(16)24/h3-10,13H,11-12H2,1-2H3. The zero-order chi connectivity index (χ0) is 20.3. The molecule has 0 atom stereocenters. The van der Waals surface area contributed by atoms with Gasteiger partial charge in [0.15, 0.2) is 5.78 Å². The lowest BCUT2D eigenvalue weighted by Crippen LogP contribution is -2.11. The zero-order valence-corrected chi connectivity index (χ0v) is 16.2. The predicted molar refractivity (Wildman–Crippen MR) is 103 cm³/mol. The number of carbonyl (C=O) groups is 1. The molecular formula is C21H19ClF2N2O2. The molecule has 3 rings (SSSR count). The molecule has 28 heavy (non-hydrogen) atoms. The van der Waals surface area contributed by atoms with Crippen molar-refractivity contribution in [1.29, 1.82) is 0 Å². The van der Waals surface area contributed by atoms with Gasteiger partial charge in [-0.05, 0) is 50.2 Å². The Balaban J connectivity index is 1.78. The fourth-order valence-corrected chi connectivity index (χ4v) is 2.96. The highest BCUT2D eigenvalue weighted by Gasteiger charge is 2.17. The number of nitrogens with zero attached hydrogens (tertiary/aromatic N) is 2. The number of rotatable bonds is 7. The van der Waals surface area contributed by atoms with E-state index in [-0.39, 0.29) is 17.4 Å². The summed E-state index contributed by atoms with van der Waals surface area (Å²) in [5, 5.41) is 4.79. The van der Waals surface area contributed by atoms with Gasteiger partial charge in [-0.3, -0.25) is 9.48 Å². The summed E-state index contributed by atoms with van der Waals surface area (Å²) in [4.78, 5) is 12.4. The molecule has 0 spiro atoms. The maximum absolute atomic E-state index is 13.8. The highest BCUT2D eigenvalue weighted by Crippen LogP contribution is 2.25. The van der Waals surface area contributed by atoms with Crippen LogP contribution in [0.2, 0.25) is 5.02 Å². The normalized spacial score (nSPS) is 11.1. The van der Waals surface area contributed by atoms with Gasteiger partial charge < -0.3 is 4.74 Å². The fraction of sp³-hybridized carbons (Fsp3) is 0.238. The second-order valence-corrected chi connectivity index (χ2v) is 7.05. The van der Waals surface area contributed by atoms with Crippen molar-refractivity contribution in [2.75, 3.05) is 0 Å². The molecule has 3 aromatic rings. The van der Waals surface area contributed by atoms with Gasteiger partial charge in [0.1, 0.15) is 23.1 Å². The SMILES string of the molecule is CC(C)Oc1ccc(Cl)cc1Cn1ccc(C(=O)Cc2c(F)cccc2F)n1. The van der Waals surface area contributed by atoms with E-state index >= 15 is 0 Å². The van der Waals surface area contributed by atoms with Crippen molar-refractivity contribution in [2.24, 2.45) is 0 Å². The molecule has 0 unspecified atom stereocenters. The van der Waals surface area contributed by atoms with Gasteiger partial charge in [-0.15, -0.1) is 0 Å². The van der Waals surface area contributed by atoms with E-state index in [1.807, 2.05) is 13.8 Å². The first-order chi connectivity index (χ1) is 13.3. The van der Waals surface area contributed by atoms with Gasteiger partial charge in [0.05, 0.1) is 12.6 Å². The first-order valence-electron chi connectivity index (χ1n) is 8.78. The maximum atomic E-state index is 13.8. The summed E-state index contributed by atoms with van der Waals surface area (Å²) in [5.41, 5.74) is 0.684. The van der Waals surface area contributed by atoms with Crippen molar-refractivity contribution in [3.8, 4) is 5.75 Å². The minimum atomic E-state index is -0.748. The fourth-order valence-electron chi connectivity index (χ4n) is 2.77. The lowest BCUT2D eigenvalue weighted by molar-refractivity contribution is 0.0985. The molecule has 0 amide bonds. The van der Waals surface area contributed by atoms with Crippen molar-refractivity contribution in [3.63, 3.8) is 0 Å². The second-order valence-electron chi connectivity index (χ2n) is 6.62. The van der Waals surface area contributed by atoms with Crippen molar-refractivity contribution < 1.29 is 18.3 Å². The molecule has 0 aliphatic heterocycles. The average Bonchev–Trinajstić information content (AvgIpc) is 3.09. The summed E-state index contributed by atoms with van der Waals surface area (Å²) in [5.74, 6) is -1.28. The molecule has 0 fully saturated rings. The van der Waals surface area contributed by atoms with Crippen LogP contribution in [-0.2, 0) is 13.0 Å². The molecule has 4 nitrogen and oxygen atoms in total. The molecule has 0 aliphatic rings. The Kier molecular flexibility index (Phi) is 6.09. The molecule has 1 aromatic heterocycles. The van der Waals surface area contributed by atoms with Gasteiger partial charge in [0, 0.05) is 28.8 Å². The molecule has 146 valence electrons. The molecule has 2 aromatic carbocycles. The van der Waals surface area contributed by atoms with Gasteiger partial charge in [0.2, 0.25) is 0 Å². The van der Waals surface area contributed by atoms with E-state index < -0.39 is 23.8 Å². The molecule has 0 aliphatic carbocycles. The summed E-state index contributed by atoms with van der Waals surface area (Å²) < 4.78 is 34.9. The highest BCUT2D eigenvalue weighted by molar-refractivity contribution is 6.30. The van der Waals surface area contributed by atoms with Gasteiger partial charge in [-0.25, -0.2) is 8.78 Å². The third-order valence-corrected chi connectivity index (χ3v) is 4.28. The Labute approximate surface area is 166 Å². The van der Waals surface area contributed by atoms with Crippen LogP contribution in [0.15, 0.2) is 48.7 Å². The first-order valence-corrected chi connectivity index (χ1v) is 9.16. The van der Waals surface area contributed by atoms with E-state index in [4.69, 9.17) is 16.3 Å². The van der Waals surface area contributed by atoms with Crippen LogP contribution in [0, 0.1) is 11.6 Å². The van der Waals surface area contributed by atoms with E-state index in [2.05, 4.69) is 5.10 Å². The number of benzene rings is 2. The van der Waals surface area contributed by atoms with E-state index in [1.165, 1.54) is 12.1 Å². The van der Waals surface area contributed by atoms with Crippen molar-refractivity contribution in [2.45, 2.75) is 32.9 Å². The van der Waals surface area contributed by atoms with Gasteiger partial charge in [-0.1, -0.05) is 17.7 Å². The lowest BCUT2D eigenvalue weighted by Gasteiger charge is -2.14. The molecule has 7 heteroatoms. The van der Waals surface area contributed by atoms with Crippen LogP contribution in [0.25, 0.3) is 0 Å². The zero-order valence-electron chi connectivity index (χ0n) is 15.5. The van der Waals surface area contributed by atoms with Crippen LogP contribution >= 0.6 is 11.6 Å². The Morgan fingerprint density at radius 1 is 1.18 bits per heavy atom. The van der Waals surface area contributed by atoms with Crippen LogP contribution in [0.3, 0.4) is 0 Å². The first kappa shape index (κ1) is 20.0. The largest absolute Gasteiger partial charge is 0.491 e. The molecule has 0 radical (unpaired) electrons. The minimum Gasteiger partial charge on any atom is -0.491 e. The van der Waals surface area contributed by atoms with Gasteiger partial charge in [0.25, 0.3) is 0 Å². The number of Topliss-reactive ketones (excluding diaryl/α,β-unsaturated/α-hetero) is 1. The van der Waals surface area contributed by atoms with E-state index in [0.717, 1.165) is 17.7 Å². The second kappa shape index (κ2) is 8.52. The Morgan fingerprint density at radius 3 is 2.57 bits per heavy atom. The van der Waals surface area contributed by atoms with Crippen molar-refractivity contribution >= 4 is 17.4 Å². The number of hydrogen-bond acceptors (Lipinski definition) is 3. The molecule has 0 saturated heterocycles. The van der Waals surface area contributed by atoms with E-state index in [1.54, 1.807) is 29.1 Å². The average molecular weight is 405 g/mol. The topological polar surface area (TPSA) is 44.1 Å². The molecule has 0 N–H and O–H groups in total. The monoisotopic (exact) mass is 404 g/mol. The summed E-state index contributed by atoms with van der Waals surface area (Å²) in [6.45, 7) is 4.18. The number of hydrogen-bond donors (Lipinski definition) is 0. The number of carbonyl (C=O) groups excluding carboxylic acids is 1. The highest BCUT2D eigenvalue weighted by atomic mass is 35.5. The molecular weight excluding hydrogens is 386 g/mol. The maximum Gasteiger partial charge on any atom is 0.187 e. The third kappa shape index (κ3) is 4.75. The van der Waals surface area contributed by atoms with Crippen molar-refractivity contribution in [3.05, 3.63) is 82.1 Å². The Hall–Kier alpha value is -2.73. The summed E-state index contributed by atoms with van der Waals surface area (Å²) in [6.07, 6.45) is 1.23. The number of aromatic nitrogens is 2. The minimum absolute atomic E-state index is 0.00893. The lowest BCUT2D eigenvalue weighted by atomic mass is 10.1. The summed E-state index contributed by atoms with van der Waals surface area (Å²) >= 11 is 6.08. The quantitative estimate of drug-likeness (QED) is 0.516. The Morgan fingerprint density at radius 2 is 1.89 bits per heavy atom. The number of halogens is 3. The number of ketones is 1. The summed E-state index contributed by atoms with van der Waals surface area (Å²) in [7, 11) is 0. The Bertz CT molecular complexity index is 982. The van der Waals surface area contributed by atoms with Gasteiger partial charge in [-0.2, -0.15) is 5.10 Å². The summed E-state index contributed by atoms with van der Waals surface area (Å²) in [6, 6.07) is 10.3. The van der Waals surface area contributed by atoms with Crippen LogP contribution in [0.1, 0.15) is 35.5 Å².